The Morgan fingerprint density at radius 1 is 1.43 bits per heavy atom. The molecule has 1 aromatic heterocycles. The Kier molecular flexibility index (Phi) is 4.15. The molecular formula is C15H23ClN4O. The molecule has 0 bridgehead atoms. The van der Waals surface area contributed by atoms with Crippen LogP contribution in [0.5, 0.6) is 0 Å². The van der Waals surface area contributed by atoms with Gasteiger partial charge in [0.25, 0.3) is 0 Å². The molecule has 0 aromatic carbocycles. The number of nitrogens with zero attached hydrogens (tertiary/aromatic N) is 3. The van der Waals surface area contributed by atoms with Crippen LogP contribution in [0.4, 0.5) is 5.82 Å². The maximum Gasteiger partial charge on any atom is 0.227 e. The second-order valence-corrected chi connectivity index (χ2v) is 7.32. The van der Waals surface area contributed by atoms with Crippen molar-refractivity contribution in [2.24, 2.45) is 5.41 Å². The number of rotatable bonds is 2. The number of carbonyl (C=O) groups excluding carboxylic acids is 1. The number of hydrogen-bond acceptors (Lipinski definition) is 4. The molecule has 1 unspecified atom stereocenters. The summed E-state index contributed by atoms with van der Waals surface area (Å²) in [5, 5.41) is 3.19. The molecule has 2 rings (SSSR count). The molecule has 5 nitrogen and oxygen atoms in total. The fraction of sp³-hybridized carbons (Fsp3) is 0.667. The number of carbonyl (C=O) groups is 1. The van der Waals surface area contributed by atoms with Gasteiger partial charge in [0.2, 0.25) is 5.91 Å². The van der Waals surface area contributed by atoms with Gasteiger partial charge >= 0.3 is 0 Å². The van der Waals surface area contributed by atoms with E-state index in [1.807, 2.05) is 6.92 Å². The van der Waals surface area contributed by atoms with E-state index in [1.165, 1.54) is 0 Å². The Morgan fingerprint density at radius 2 is 2.10 bits per heavy atom. The predicted molar refractivity (Wildman–Crippen MR) is 84.7 cm³/mol. The molecule has 1 saturated heterocycles. The summed E-state index contributed by atoms with van der Waals surface area (Å²) in [5.74, 6) is 1.59. The Morgan fingerprint density at radius 3 is 2.67 bits per heavy atom. The average Bonchev–Trinajstić information content (AvgIpc) is 2.80. The Labute approximate surface area is 131 Å². The molecule has 1 aliphatic rings. The van der Waals surface area contributed by atoms with Gasteiger partial charge in [0.05, 0.1) is 5.41 Å². The lowest BCUT2D eigenvalue weighted by atomic mass is 9.89. The van der Waals surface area contributed by atoms with Gasteiger partial charge in [-0.25, -0.2) is 9.97 Å². The minimum Gasteiger partial charge on any atom is -0.359 e. The van der Waals surface area contributed by atoms with E-state index in [2.05, 4.69) is 41.0 Å². The number of halogens is 1. The Bertz CT molecular complexity index is 555. The zero-order valence-electron chi connectivity index (χ0n) is 13.3. The first-order chi connectivity index (χ1) is 9.65. The van der Waals surface area contributed by atoms with Crippen LogP contribution in [-0.4, -0.2) is 36.0 Å². The van der Waals surface area contributed by atoms with Crippen molar-refractivity contribution in [2.45, 2.75) is 39.5 Å². The maximum absolute atomic E-state index is 12.0. The van der Waals surface area contributed by atoms with Crippen LogP contribution in [0.25, 0.3) is 0 Å². The third kappa shape index (κ3) is 3.28. The van der Waals surface area contributed by atoms with Crippen molar-refractivity contribution < 1.29 is 4.79 Å². The van der Waals surface area contributed by atoms with Gasteiger partial charge in [-0.2, -0.15) is 0 Å². The highest BCUT2D eigenvalue weighted by Crippen LogP contribution is 2.34. The maximum atomic E-state index is 12.0. The lowest BCUT2D eigenvalue weighted by Crippen LogP contribution is -2.39. The van der Waals surface area contributed by atoms with Gasteiger partial charge in [0, 0.05) is 31.6 Å². The van der Waals surface area contributed by atoms with Crippen molar-refractivity contribution in [3.05, 3.63) is 17.0 Å². The first-order valence-electron chi connectivity index (χ1n) is 7.18. The summed E-state index contributed by atoms with van der Waals surface area (Å²) in [5.41, 5.74) is -0.544. The highest BCUT2D eigenvalue weighted by molar-refractivity contribution is 6.29. The van der Waals surface area contributed by atoms with Gasteiger partial charge < -0.3 is 10.2 Å². The van der Waals surface area contributed by atoms with E-state index < -0.39 is 0 Å². The van der Waals surface area contributed by atoms with E-state index in [1.54, 1.807) is 13.1 Å². The van der Waals surface area contributed by atoms with E-state index in [4.69, 9.17) is 11.6 Å². The second kappa shape index (κ2) is 5.44. The molecule has 1 atom stereocenters. The van der Waals surface area contributed by atoms with Crippen LogP contribution in [0, 0.1) is 5.41 Å². The molecule has 0 radical (unpaired) electrons. The molecule has 6 heteroatoms. The summed E-state index contributed by atoms with van der Waals surface area (Å²) >= 11 is 6.14. The van der Waals surface area contributed by atoms with Gasteiger partial charge in [0.1, 0.15) is 16.8 Å². The molecule has 21 heavy (non-hydrogen) atoms. The molecule has 0 spiro atoms. The number of aromatic nitrogens is 2. The Balaban J connectivity index is 2.28. The van der Waals surface area contributed by atoms with Gasteiger partial charge in [-0.3, -0.25) is 4.79 Å². The molecule has 1 aromatic rings. The summed E-state index contributed by atoms with van der Waals surface area (Å²) < 4.78 is 0. The number of anilines is 1. The van der Waals surface area contributed by atoms with Crippen LogP contribution >= 0.6 is 11.6 Å². The van der Waals surface area contributed by atoms with Crippen LogP contribution in [0.15, 0.2) is 6.07 Å². The summed E-state index contributed by atoms with van der Waals surface area (Å²) in [4.78, 5) is 23.1. The highest BCUT2D eigenvalue weighted by atomic mass is 35.5. The van der Waals surface area contributed by atoms with E-state index in [9.17, 15) is 4.79 Å². The second-order valence-electron chi connectivity index (χ2n) is 6.93. The monoisotopic (exact) mass is 310 g/mol. The fourth-order valence-electron chi connectivity index (χ4n) is 2.55. The molecule has 0 saturated carbocycles. The van der Waals surface area contributed by atoms with Crippen molar-refractivity contribution in [1.82, 2.24) is 15.3 Å². The van der Waals surface area contributed by atoms with Gasteiger partial charge in [-0.05, 0) is 13.3 Å². The minimum absolute atomic E-state index is 0.0706. The van der Waals surface area contributed by atoms with Crippen LogP contribution in [0.3, 0.4) is 0 Å². The SMILES string of the molecule is CNC(=O)C1(C)CCN(c2cc(Cl)nc(C(C)(C)C)n2)C1. The summed E-state index contributed by atoms with van der Waals surface area (Å²) in [6.45, 7) is 9.59. The topological polar surface area (TPSA) is 58.1 Å². The predicted octanol–water partition coefficient (Wildman–Crippen LogP) is 2.39. The lowest BCUT2D eigenvalue weighted by molar-refractivity contribution is -0.128. The summed E-state index contributed by atoms with van der Waals surface area (Å²) in [6, 6.07) is 1.77. The number of amides is 1. The van der Waals surface area contributed by atoms with E-state index >= 15 is 0 Å². The van der Waals surface area contributed by atoms with Crippen LogP contribution in [-0.2, 0) is 10.2 Å². The highest BCUT2D eigenvalue weighted by Gasteiger charge is 2.40. The first kappa shape index (κ1) is 16.0. The standard InChI is InChI=1S/C15H23ClN4O/c1-14(2,3)12-18-10(16)8-11(19-12)20-7-6-15(4,9-20)13(21)17-5/h8H,6-7,9H2,1-5H3,(H,17,21). The van der Waals surface area contributed by atoms with E-state index in [0.717, 1.165) is 24.6 Å². The van der Waals surface area contributed by atoms with Crippen molar-refractivity contribution in [3.63, 3.8) is 0 Å². The molecule has 2 heterocycles. The van der Waals surface area contributed by atoms with Gasteiger partial charge in [-0.15, -0.1) is 0 Å². The summed E-state index contributed by atoms with van der Waals surface area (Å²) in [6.07, 6.45) is 0.805. The normalized spacial score (nSPS) is 22.5. The molecule has 116 valence electrons. The number of nitrogens with one attached hydrogen (secondary N) is 1. The fourth-order valence-corrected chi connectivity index (χ4v) is 2.72. The molecule has 0 aliphatic carbocycles. The van der Waals surface area contributed by atoms with Gasteiger partial charge in [0.15, 0.2) is 0 Å². The van der Waals surface area contributed by atoms with E-state index in [0.29, 0.717) is 11.7 Å². The largest absolute Gasteiger partial charge is 0.359 e. The third-order valence-corrected chi connectivity index (χ3v) is 4.12. The van der Waals surface area contributed by atoms with Crippen molar-refractivity contribution in [3.8, 4) is 0 Å². The van der Waals surface area contributed by atoms with Gasteiger partial charge in [-0.1, -0.05) is 32.4 Å². The van der Waals surface area contributed by atoms with Crippen molar-refractivity contribution in [1.29, 1.82) is 0 Å². The minimum atomic E-state index is -0.381. The lowest BCUT2D eigenvalue weighted by Gasteiger charge is -2.24. The first-order valence-corrected chi connectivity index (χ1v) is 7.56. The zero-order chi connectivity index (χ0) is 15.8. The molecule has 1 N–H and O–H groups in total. The molecular weight excluding hydrogens is 288 g/mol. The summed E-state index contributed by atoms with van der Waals surface area (Å²) in [7, 11) is 1.68. The molecule has 1 amide bonds. The van der Waals surface area contributed by atoms with E-state index in [-0.39, 0.29) is 16.7 Å². The average molecular weight is 311 g/mol. The zero-order valence-corrected chi connectivity index (χ0v) is 14.1. The molecule has 1 aliphatic heterocycles. The third-order valence-electron chi connectivity index (χ3n) is 3.92. The van der Waals surface area contributed by atoms with Crippen molar-refractivity contribution in [2.75, 3.05) is 25.0 Å². The smallest absolute Gasteiger partial charge is 0.227 e. The molecule has 1 fully saturated rings. The van der Waals surface area contributed by atoms with Crippen LogP contribution < -0.4 is 10.2 Å². The van der Waals surface area contributed by atoms with Crippen LogP contribution in [0.1, 0.15) is 39.9 Å². The number of hydrogen-bond donors (Lipinski definition) is 1. The Hall–Kier alpha value is -1.36. The quantitative estimate of drug-likeness (QED) is 0.852. The van der Waals surface area contributed by atoms with Crippen LogP contribution in [0.2, 0.25) is 5.15 Å². The van der Waals surface area contributed by atoms with Crippen molar-refractivity contribution >= 4 is 23.3 Å².